The van der Waals surface area contributed by atoms with Crippen molar-refractivity contribution in [2.24, 2.45) is 0 Å². The molecule has 0 aliphatic carbocycles. The van der Waals surface area contributed by atoms with Gasteiger partial charge in [-0.15, -0.1) is 0 Å². The molecule has 0 amide bonds. The highest BCUT2D eigenvalue weighted by molar-refractivity contribution is 9.10. The predicted octanol–water partition coefficient (Wildman–Crippen LogP) is 1.40. The molecule has 2 rings (SSSR count). The van der Waals surface area contributed by atoms with E-state index < -0.39 is 10.0 Å². The van der Waals surface area contributed by atoms with E-state index in [0.29, 0.717) is 17.7 Å². The third-order valence-electron chi connectivity index (χ3n) is 2.65. The summed E-state index contributed by atoms with van der Waals surface area (Å²) in [5.41, 5.74) is 1.41. The molecule has 8 heteroatoms. The van der Waals surface area contributed by atoms with E-state index >= 15 is 0 Å². The van der Waals surface area contributed by atoms with Crippen LogP contribution in [0, 0.1) is 6.92 Å². The average molecular weight is 345 g/mol. The van der Waals surface area contributed by atoms with Crippen LogP contribution in [0.15, 0.2) is 33.8 Å². The molecular weight excluding hydrogens is 332 g/mol. The van der Waals surface area contributed by atoms with Crippen molar-refractivity contribution in [3.05, 3.63) is 40.1 Å². The third kappa shape index (κ3) is 3.40. The van der Waals surface area contributed by atoms with Crippen LogP contribution in [0.3, 0.4) is 0 Å². The Morgan fingerprint density at radius 2 is 2.21 bits per heavy atom. The first kappa shape index (κ1) is 14.2. The Morgan fingerprint density at radius 1 is 1.42 bits per heavy atom. The summed E-state index contributed by atoms with van der Waals surface area (Å²) >= 11 is 3.32. The highest BCUT2D eigenvalue weighted by atomic mass is 79.9. The van der Waals surface area contributed by atoms with Gasteiger partial charge in [0.25, 0.3) is 0 Å². The maximum Gasteiger partial charge on any atom is 0.240 e. The molecule has 0 atom stereocenters. The van der Waals surface area contributed by atoms with Gasteiger partial charge in [0.15, 0.2) is 0 Å². The Kier molecular flexibility index (Phi) is 4.33. The molecule has 0 bridgehead atoms. The van der Waals surface area contributed by atoms with Crippen LogP contribution in [-0.4, -0.2) is 30.4 Å². The van der Waals surface area contributed by atoms with Crippen molar-refractivity contribution in [1.82, 2.24) is 20.1 Å². The van der Waals surface area contributed by atoms with Crippen molar-refractivity contribution in [3.8, 4) is 0 Å². The van der Waals surface area contributed by atoms with Crippen LogP contribution >= 0.6 is 15.9 Å². The van der Waals surface area contributed by atoms with Gasteiger partial charge in [-0.1, -0.05) is 22.0 Å². The maximum absolute atomic E-state index is 12.2. The number of halogens is 1. The van der Waals surface area contributed by atoms with Crippen molar-refractivity contribution in [3.63, 3.8) is 0 Å². The number of hydrogen-bond acceptors (Lipinski definition) is 4. The molecule has 19 heavy (non-hydrogen) atoms. The van der Waals surface area contributed by atoms with E-state index in [9.17, 15) is 8.42 Å². The summed E-state index contributed by atoms with van der Waals surface area (Å²) in [4.78, 5) is 0.280. The molecular formula is C11H13BrN4O2S. The highest BCUT2D eigenvalue weighted by Crippen LogP contribution is 2.22. The third-order valence-corrected chi connectivity index (χ3v) is 5.11. The molecule has 1 aromatic carbocycles. The summed E-state index contributed by atoms with van der Waals surface area (Å²) in [6, 6.07) is 5.09. The van der Waals surface area contributed by atoms with E-state index in [1.807, 2.05) is 6.07 Å². The molecule has 1 heterocycles. The second kappa shape index (κ2) is 5.81. The fourth-order valence-corrected chi connectivity index (χ4v) is 3.41. The Balaban J connectivity index is 2.08. The zero-order chi connectivity index (χ0) is 13.9. The second-order valence-electron chi connectivity index (χ2n) is 3.97. The summed E-state index contributed by atoms with van der Waals surface area (Å²) in [5, 5.41) is 10.0. The summed E-state index contributed by atoms with van der Waals surface area (Å²) in [6.07, 6.45) is 2.06. The minimum absolute atomic E-state index is 0.279. The Labute approximate surface area is 119 Å². The molecule has 0 radical (unpaired) electrons. The highest BCUT2D eigenvalue weighted by Gasteiger charge is 2.17. The van der Waals surface area contributed by atoms with Gasteiger partial charge in [0.05, 0.1) is 16.8 Å². The number of sulfonamides is 1. The first-order valence-corrected chi connectivity index (χ1v) is 7.88. The van der Waals surface area contributed by atoms with Crippen LogP contribution in [0.2, 0.25) is 0 Å². The smallest absolute Gasteiger partial charge is 0.211 e. The van der Waals surface area contributed by atoms with E-state index in [-0.39, 0.29) is 11.4 Å². The zero-order valence-electron chi connectivity index (χ0n) is 10.2. The SMILES string of the molecule is Cc1c(Br)cccc1S(=O)(=O)NCCc1cn[nH]n1. The standard InChI is InChI=1S/C11H13BrN4O2S/c1-8-10(12)3-2-4-11(8)19(17,18)14-6-5-9-7-13-16-15-9/h2-4,7,14H,5-6H2,1H3,(H,13,15,16). The quantitative estimate of drug-likeness (QED) is 0.857. The Morgan fingerprint density at radius 3 is 2.89 bits per heavy atom. The number of nitrogens with one attached hydrogen (secondary N) is 2. The Hall–Kier alpha value is -1.25. The lowest BCUT2D eigenvalue weighted by Gasteiger charge is -2.09. The van der Waals surface area contributed by atoms with E-state index in [4.69, 9.17) is 0 Å². The molecule has 0 aliphatic heterocycles. The van der Waals surface area contributed by atoms with Crippen LogP contribution in [-0.2, 0) is 16.4 Å². The molecule has 2 aromatic rings. The molecule has 0 saturated carbocycles. The Bertz CT molecular complexity index is 655. The molecule has 0 spiro atoms. The van der Waals surface area contributed by atoms with Crippen LogP contribution < -0.4 is 4.72 Å². The van der Waals surface area contributed by atoms with Crippen LogP contribution in [0.4, 0.5) is 0 Å². The van der Waals surface area contributed by atoms with Crippen molar-refractivity contribution in [1.29, 1.82) is 0 Å². The van der Waals surface area contributed by atoms with E-state index in [1.54, 1.807) is 25.3 Å². The lowest BCUT2D eigenvalue weighted by molar-refractivity contribution is 0.580. The van der Waals surface area contributed by atoms with Crippen molar-refractivity contribution in [2.75, 3.05) is 6.54 Å². The number of benzene rings is 1. The first-order valence-electron chi connectivity index (χ1n) is 5.60. The number of aromatic amines is 1. The van der Waals surface area contributed by atoms with Gasteiger partial charge < -0.3 is 0 Å². The van der Waals surface area contributed by atoms with Gasteiger partial charge in [-0.05, 0) is 24.6 Å². The fourth-order valence-electron chi connectivity index (χ4n) is 1.62. The van der Waals surface area contributed by atoms with Gasteiger partial charge in [0.2, 0.25) is 10.0 Å². The number of H-pyrrole nitrogens is 1. The van der Waals surface area contributed by atoms with Gasteiger partial charge in [-0.2, -0.15) is 15.4 Å². The topological polar surface area (TPSA) is 87.7 Å². The summed E-state index contributed by atoms with van der Waals surface area (Å²) in [5.74, 6) is 0. The van der Waals surface area contributed by atoms with E-state index in [1.165, 1.54) is 0 Å². The minimum atomic E-state index is -3.51. The van der Waals surface area contributed by atoms with Crippen molar-refractivity contribution < 1.29 is 8.42 Å². The van der Waals surface area contributed by atoms with Gasteiger partial charge in [-0.3, -0.25) is 0 Å². The van der Waals surface area contributed by atoms with E-state index in [2.05, 4.69) is 36.1 Å². The van der Waals surface area contributed by atoms with Gasteiger partial charge in [0, 0.05) is 17.4 Å². The predicted molar refractivity (Wildman–Crippen MR) is 74.2 cm³/mol. The molecule has 0 unspecified atom stereocenters. The largest absolute Gasteiger partial charge is 0.240 e. The van der Waals surface area contributed by atoms with E-state index in [0.717, 1.165) is 4.47 Å². The summed E-state index contributed by atoms with van der Waals surface area (Å²) in [6.45, 7) is 2.04. The molecule has 0 fully saturated rings. The monoisotopic (exact) mass is 344 g/mol. The van der Waals surface area contributed by atoms with Gasteiger partial charge in [-0.25, -0.2) is 13.1 Å². The number of rotatable bonds is 5. The lowest BCUT2D eigenvalue weighted by atomic mass is 10.2. The number of aromatic nitrogens is 3. The van der Waals surface area contributed by atoms with Crippen LogP contribution in [0.1, 0.15) is 11.3 Å². The van der Waals surface area contributed by atoms with Crippen molar-refractivity contribution in [2.45, 2.75) is 18.2 Å². The minimum Gasteiger partial charge on any atom is -0.211 e. The molecule has 102 valence electrons. The molecule has 1 aromatic heterocycles. The molecule has 0 saturated heterocycles. The van der Waals surface area contributed by atoms with Gasteiger partial charge >= 0.3 is 0 Å². The lowest BCUT2D eigenvalue weighted by Crippen LogP contribution is -2.26. The number of hydrogen-bond donors (Lipinski definition) is 2. The maximum atomic E-state index is 12.2. The average Bonchev–Trinajstić information content (AvgIpc) is 2.85. The molecule has 0 aliphatic rings. The van der Waals surface area contributed by atoms with Gasteiger partial charge in [0.1, 0.15) is 0 Å². The fraction of sp³-hybridized carbons (Fsp3) is 0.273. The molecule has 2 N–H and O–H groups in total. The van der Waals surface area contributed by atoms with Crippen LogP contribution in [0.5, 0.6) is 0 Å². The zero-order valence-corrected chi connectivity index (χ0v) is 12.6. The first-order chi connectivity index (χ1) is 9.00. The van der Waals surface area contributed by atoms with Crippen molar-refractivity contribution >= 4 is 26.0 Å². The summed E-state index contributed by atoms with van der Waals surface area (Å²) in [7, 11) is -3.51. The second-order valence-corrected chi connectivity index (χ2v) is 6.56. The van der Waals surface area contributed by atoms with Crippen LogP contribution in [0.25, 0.3) is 0 Å². The molecule has 6 nitrogen and oxygen atoms in total. The number of nitrogens with zero attached hydrogens (tertiary/aromatic N) is 2. The summed E-state index contributed by atoms with van der Waals surface area (Å²) < 4.78 is 27.6. The normalized spacial score (nSPS) is 11.7.